The van der Waals surface area contributed by atoms with Crippen LogP contribution in [-0.4, -0.2) is 14.3 Å². The van der Waals surface area contributed by atoms with E-state index in [4.69, 9.17) is 11.6 Å². The summed E-state index contributed by atoms with van der Waals surface area (Å²) in [5.74, 6) is -0.454. The van der Waals surface area contributed by atoms with Crippen molar-refractivity contribution in [1.82, 2.24) is 4.72 Å². The zero-order valence-electron chi connectivity index (χ0n) is 15.9. The Balaban J connectivity index is 1.70. The summed E-state index contributed by atoms with van der Waals surface area (Å²) in [5, 5.41) is 0.639. The second-order valence-electron chi connectivity index (χ2n) is 7.74. The van der Waals surface area contributed by atoms with Crippen LogP contribution < -0.4 is 4.72 Å². The van der Waals surface area contributed by atoms with Gasteiger partial charge in [-0.1, -0.05) is 42.8 Å². The van der Waals surface area contributed by atoms with Gasteiger partial charge in [-0.15, -0.1) is 0 Å². The molecule has 6 heteroatoms. The maximum absolute atomic E-state index is 13.3. The Hall–Kier alpha value is -1.85. The number of nitrogens with one attached hydrogen (secondary N) is 1. The van der Waals surface area contributed by atoms with E-state index in [1.807, 2.05) is 31.2 Å². The van der Waals surface area contributed by atoms with E-state index >= 15 is 0 Å². The van der Waals surface area contributed by atoms with Crippen molar-refractivity contribution in [3.8, 4) is 0 Å². The molecule has 0 spiro atoms. The van der Waals surface area contributed by atoms with Gasteiger partial charge in [-0.3, -0.25) is 4.79 Å². The Kier molecular flexibility index (Phi) is 5.00. The van der Waals surface area contributed by atoms with Gasteiger partial charge in [0.2, 0.25) is 5.91 Å². The summed E-state index contributed by atoms with van der Waals surface area (Å²) >= 11 is 6.32. The number of halogens is 1. The first kappa shape index (κ1) is 19.5. The lowest BCUT2D eigenvalue weighted by Crippen LogP contribution is -2.45. The van der Waals surface area contributed by atoms with Crippen LogP contribution in [0.5, 0.6) is 0 Å². The number of rotatable bonds is 4. The third-order valence-corrected chi connectivity index (χ3v) is 8.11. The first-order valence-electron chi connectivity index (χ1n) is 9.85. The molecular formula is C22H24ClNO3S. The Bertz CT molecular complexity index is 1050. The molecule has 0 aromatic heterocycles. The van der Waals surface area contributed by atoms with Crippen LogP contribution in [0.3, 0.4) is 0 Å². The standard InChI is InChI=1S/C22H24ClNO3S/c1-2-22(14-13-17-18(22)10-6-11-19(17)23)21(25)24-28(26,27)20-12-5-8-15-7-3-4-9-16(15)20/h5-6,8,10-12H,2-4,7,9,13-14H2,1H3,(H,24,25). The van der Waals surface area contributed by atoms with E-state index in [0.717, 1.165) is 47.9 Å². The van der Waals surface area contributed by atoms with Crippen molar-refractivity contribution < 1.29 is 13.2 Å². The molecule has 0 radical (unpaired) electrons. The molecule has 1 unspecified atom stereocenters. The Morgan fingerprint density at radius 3 is 2.61 bits per heavy atom. The molecule has 2 aromatic carbocycles. The van der Waals surface area contributed by atoms with E-state index in [1.165, 1.54) is 0 Å². The van der Waals surface area contributed by atoms with E-state index in [1.54, 1.807) is 12.1 Å². The van der Waals surface area contributed by atoms with Gasteiger partial charge in [0.25, 0.3) is 10.0 Å². The molecule has 2 aromatic rings. The summed E-state index contributed by atoms with van der Waals surface area (Å²) in [5.41, 5.74) is 2.88. The van der Waals surface area contributed by atoms with E-state index in [2.05, 4.69) is 4.72 Å². The van der Waals surface area contributed by atoms with E-state index in [-0.39, 0.29) is 4.90 Å². The van der Waals surface area contributed by atoms with Crippen LogP contribution in [0.15, 0.2) is 41.3 Å². The summed E-state index contributed by atoms with van der Waals surface area (Å²) in [4.78, 5) is 13.5. The molecule has 148 valence electrons. The topological polar surface area (TPSA) is 63.2 Å². The molecule has 0 fully saturated rings. The molecule has 28 heavy (non-hydrogen) atoms. The molecule has 1 amide bonds. The fraction of sp³-hybridized carbons (Fsp3) is 0.409. The van der Waals surface area contributed by atoms with Gasteiger partial charge in [0.1, 0.15) is 0 Å². The van der Waals surface area contributed by atoms with Crippen LogP contribution in [-0.2, 0) is 39.5 Å². The zero-order valence-corrected chi connectivity index (χ0v) is 17.5. The molecule has 4 rings (SSSR count). The number of carbonyl (C=O) groups excluding carboxylic acids is 1. The Labute approximate surface area is 171 Å². The maximum atomic E-state index is 13.3. The number of sulfonamides is 1. The molecule has 2 aliphatic carbocycles. The highest BCUT2D eigenvalue weighted by molar-refractivity contribution is 7.90. The van der Waals surface area contributed by atoms with Gasteiger partial charge in [-0.05, 0) is 79.3 Å². The monoisotopic (exact) mass is 417 g/mol. The first-order valence-corrected chi connectivity index (χ1v) is 11.7. The predicted octanol–water partition coefficient (Wildman–Crippen LogP) is 4.32. The van der Waals surface area contributed by atoms with E-state index in [9.17, 15) is 13.2 Å². The molecule has 1 atom stereocenters. The number of hydrogen-bond donors (Lipinski definition) is 1. The van der Waals surface area contributed by atoms with Gasteiger partial charge in [-0.2, -0.15) is 0 Å². The fourth-order valence-corrected chi connectivity index (χ4v) is 6.40. The maximum Gasteiger partial charge on any atom is 0.264 e. The summed E-state index contributed by atoms with van der Waals surface area (Å²) in [6.45, 7) is 1.92. The quantitative estimate of drug-likeness (QED) is 0.805. The fourth-order valence-electron chi connectivity index (χ4n) is 4.77. The SMILES string of the molecule is CCC1(C(=O)NS(=O)(=O)c2cccc3c2CCCC3)CCc2c(Cl)cccc21. The third kappa shape index (κ3) is 3.05. The van der Waals surface area contributed by atoms with Crippen molar-refractivity contribution in [1.29, 1.82) is 0 Å². The Morgan fingerprint density at radius 2 is 1.82 bits per heavy atom. The molecule has 0 bridgehead atoms. The molecule has 2 aliphatic rings. The average molecular weight is 418 g/mol. The van der Waals surface area contributed by atoms with Crippen molar-refractivity contribution in [2.24, 2.45) is 0 Å². The average Bonchev–Trinajstić information content (AvgIpc) is 3.08. The molecule has 0 aliphatic heterocycles. The van der Waals surface area contributed by atoms with Gasteiger partial charge in [-0.25, -0.2) is 13.1 Å². The van der Waals surface area contributed by atoms with Gasteiger partial charge in [0.15, 0.2) is 0 Å². The number of carbonyl (C=O) groups is 1. The van der Waals surface area contributed by atoms with Crippen LogP contribution in [0, 0.1) is 0 Å². The van der Waals surface area contributed by atoms with Gasteiger partial charge in [0.05, 0.1) is 10.3 Å². The highest BCUT2D eigenvalue weighted by Crippen LogP contribution is 2.44. The number of hydrogen-bond acceptors (Lipinski definition) is 3. The molecule has 1 N–H and O–H groups in total. The van der Waals surface area contributed by atoms with Gasteiger partial charge in [0, 0.05) is 5.02 Å². The smallest absolute Gasteiger partial charge is 0.264 e. The highest BCUT2D eigenvalue weighted by atomic mass is 35.5. The minimum atomic E-state index is -3.93. The number of amides is 1. The van der Waals surface area contributed by atoms with Crippen molar-refractivity contribution in [3.05, 3.63) is 63.7 Å². The molecule has 0 saturated heterocycles. The minimum Gasteiger partial charge on any atom is -0.273 e. The van der Waals surface area contributed by atoms with Crippen LogP contribution in [0.2, 0.25) is 5.02 Å². The third-order valence-electron chi connectivity index (χ3n) is 6.34. The van der Waals surface area contributed by atoms with Crippen LogP contribution in [0.25, 0.3) is 0 Å². The highest BCUT2D eigenvalue weighted by Gasteiger charge is 2.46. The molecule has 4 nitrogen and oxygen atoms in total. The number of benzene rings is 2. The van der Waals surface area contributed by atoms with Gasteiger partial charge < -0.3 is 0 Å². The lowest BCUT2D eigenvalue weighted by Gasteiger charge is -2.28. The zero-order chi connectivity index (χ0) is 19.9. The molecule has 0 saturated carbocycles. The summed E-state index contributed by atoms with van der Waals surface area (Å²) in [6, 6.07) is 10.9. The first-order chi connectivity index (χ1) is 13.4. The van der Waals surface area contributed by atoms with Crippen LogP contribution in [0.1, 0.15) is 54.9 Å². The lowest BCUT2D eigenvalue weighted by molar-refractivity contribution is -0.125. The number of aryl methyl sites for hydroxylation is 1. The molecule has 0 heterocycles. The number of fused-ring (bicyclic) bond motifs is 2. The van der Waals surface area contributed by atoms with E-state index < -0.39 is 21.3 Å². The van der Waals surface area contributed by atoms with Crippen LogP contribution in [0.4, 0.5) is 0 Å². The summed E-state index contributed by atoms with van der Waals surface area (Å²) in [6.07, 6.45) is 5.43. The lowest BCUT2D eigenvalue weighted by atomic mass is 9.79. The van der Waals surface area contributed by atoms with Crippen LogP contribution >= 0.6 is 11.6 Å². The minimum absolute atomic E-state index is 0.244. The largest absolute Gasteiger partial charge is 0.273 e. The van der Waals surface area contributed by atoms with Crippen molar-refractivity contribution >= 4 is 27.5 Å². The van der Waals surface area contributed by atoms with E-state index in [0.29, 0.717) is 24.3 Å². The second kappa shape index (κ2) is 7.20. The summed E-state index contributed by atoms with van der Waals surface area (Å²) in [7, 11) is -3.93. The van der Waals surface area contributed by atoms with Crippen molar-refractivity contribution in [3.63, 3.8) is 0 Å². The summed E-state index contributed by atoms with van der Waals surface area (Å²) < 4.78 is 28.7. The molecular weight excluding hydrogens is 394 g/mol. The van der Waals surface area contributed by atoms with Crippen molar-refractivity contribution in [2.45, 2.75) is 62.2 Å². The normalized spacial score (nSPS) is 21.1. The van der Waals surface area contributed by atoms with Gasteiger partial charge >= 0.3 is 0 Å². The van der Waals surface area contributed by atoms with Crippen molar-refractivity contribution in [2.75, 3.05) is 0 Å². The predicted molar refractivity (Wildman–Crippen MR) is 110 cm³/mol. The Morgan fingerprint density at radius 1 is 1.07 bits per heavy atom. The second-order valence-corrected chi connectivity index (χ2v) is 9.80.